The minimum Gasteiger partial charge on any atom is -0.382 e. The first kappa shape index (κ1) is 9.46. The number of hydrogen-bond donors (Lipinski definition) is 1. The van der Waals surface area contributed by atoms with Gasteiger partial charge in [0.15, 0.2) is 0 Å². The summed E-state index contributed by atoms with van der Waals surface area (Å²) in [7, 11) is 0. The number of anilines is 1. The molecule has 1 heterocycles. The first-order valence-corrected chi connectivity index (χ1v) is 5.68. The number of nitrogens with zero attached hydrogens (tertiary/aromatic N) is 2. The molecule has 2 N–H and O–H groups in total. The molecule has 1 aromatic carbocycles. The Hall–Kier alpha value is -1.77. The van der Waals surface area contributed by atoms with Crippen molar-refractivity contribution >= 4 is 5.82 Å². The highest BCUT2D eigenvalue weighted by molar-refractivity contribution is 5.45. The minimum absolute atomic E-state index is 0.612. The van der Waals surface area contributed by atoms with E-state index in [4.69, 9.17) is 5.73 Å². The lowest BCUT2D eigenvalue weighted by atomic mass is 10.1. The summed E-state index contributed by atoms with van der Waals surface area (Å²) >= 11 is 0. The second-order valence-electron chi connectivity index (χ2n) is 4.45. The molecule has 16 heavy (non-hydrogen) atoms. The van der Waals surface area contributed by atoms with Crippen LogP contribution in [0.25, 0.3) is 5.69 Å². The van der Waals surface area contributed by atoms with Crippen molar-refractivity contribution in [3.63, 3.8) is 0 Å². The van der Waals surface area contributed by atoms with E-state index >= 15 is 0 Å². The summed E-state index contributed by atoms with van der Waals surface area (Å²) in [5.41, 5.74) is 10.8. The van der Waals surface area contributed by atoms with Crippen LogP contribution in [0.2, 0.25) is 0 Å². The quantitative estimate of drug-likeness (QED) is 0.789. The van der Waals surface area contributed by atoms with E-state index in [1.165, 1.54) is 30.4 Å². The van der Waals surface area contributed by atoms with Crippen LogP contribution < -0.4 is 5.73 Å². The lowest BCUT2D eigenvalue weighted by Gasteiger charge is -2.04. The molecule has 3 nitrogen and oxygen atoms in total. The number of fused-ring (bicyclic) bond motifs is 1. The lowest BCUT2D eigenvalue weighted by Crippen LogP contribution is -1.97. The highest BCUT2D eigenvalue weighted by Crippen LogP contribution is 2.24. The predicted octanol–water partition coefficient (Wildman–Crippen LogP) is 2.25. The fourth-order valence-corrected chi connectivity index (χ4v) is 2.31. The van der Waals surface area contributed by atoms with Crippen LogP contribution in [-0.2, 0) is 12.8 Å². The molecule has 0 fully saturated rings. The Balaban J connectivity index is 2.07. The normalized spacial score (nSPS) is 14.1. The number of nitrogens with two attached hydrogens (primary N) is 1. The number of hydrogen-bond acceptors (Lipinski definition) is 2. The van der Waals surface area contributed by atoms with Gasteiger partial charge in [0.1, 0.15) is 5.82 Å². The Bertz CT molecular complexity index is 521. The Kier molecular flexibility index (Phi) is 1.99. The molecule has 0 saturated carbocycles. The summed E-state index contributed by atoms with van der Waals surface area (Å²) in [4.78, 5) is 0. The van der Waals surface area contributed by atoms with Gasteiger partial charge in [0.25, 0.3) is 0 Å². The van der Waals surface area contributed by atoms with E-state index in [0.717, 1.165) is 11.3 Å². The number of benzene rings is 1. The van der Waals surface area contributed by atoms with E-state index in [9.17, 15) is 0 Å². The molecule has 82 valence electrons. The van der Waals surface area contributed by atoms with E-state index in [2.05, 4.69) is 23.3 Å². The maximum absolute atomic E-state index is 5.76. The van der Waals surface area contributed by atoms with Crippen molar-refractivity contribution < 1.29 is 0 Å². The molecule has 3 rings (SSSR count). The van der Waals surface area contributed by atoms with Crippen LogP contribution in [-0.4, -0.2) is 9.78 Å². The molecule has 1 aliphatic rings. The van der Waals surface area contributed by atoms with Crippen LogP contribution in [0.4, 0.5) is 5.82 Å². The standard InChI is InChI=1S/C13H15N3/c1-9-8-16(15-13(9)14)12-6-5-10-3-2-4-11(10)7-12/h5-8H,2-4H2,1H3,(H2,14,15). The first-order valence-electron chi connectivity index (χ1n) is 5.68. The lowest BCUT2D eigenvalue weighted by molar-refractivity contribution is 0.881. The van der Waals surface area contributed by atoms with Crippen LogP contribution in [0.15, 0.2) is 24.4 Å². The third-order valence-corrected chi connectivity index (χ3v) is 3.28. The zero-order valence-corrected chi connectivity index (χ0v) is 9.40. The summed E-state index contributed by atoms with van der Waals surface area (Å²) in [6, 6.07) is 6.56. The molecule has 0 bridgehead atoms. The Labute approximate surface area is 94.9 Å². The van der Waals surface area contributed by atoms with Gasteiger partial charge in [-0.15, -0.1) is 0 Å². The van der Waals surface area contributed by atoms with Gasteiger partial charge in [-0.25, -0.2) is 4.68 Å². The van der Waals surface area contributed by atoms with Crippen molar-refractivity contribution in [3.05, 3.63) is 41.1 Å². The van der Waals surface area contributed by atoms with Crippen molar-refractivity contribution in [3.8, 4) is 5.69 Å². The maximum Gasteiger partial charge on any atom is 0.148 e. The van der Waals surface area contributed by atoms with Crippen LogP contribution >= 0.6 is 0 Å². The van der Waals surface area contributed by atoms with Crippen LogP contribution in [0.1, 0.15) is 23.1 Å². The third kappa shape index (κ3) is 1.40. The van der Waals surface area contributed by atoms with Gasteiger partial charge >= 0.3 is 0 Å². The maximum atomic E-state index is 5.76. The molecule has 0 saturated heterocycles. The Morgan fingerprint density at radius 1 is 1.25 bits per heavy atom. The predicted molar refractivity (Wildman–Crippen MR) is 64.7 cm³/mol. The summed E-state index contributed by atoms with van der Waals surface area (Å²) in [6.45, 7) is 1.98. The molecule has 1 aromatic heterocycles. The second kappa shape index (κ2) is 3.37. The number of nitrogen functional groups attached to an aromatic ring is 1. The van der Waals surface area contributed by atoms with Crippen molar-refractivity contribution in [1.29, 1.82) is 0 Å². The summed E-state index contributed by atoms with van der Waals surface area (Å²) in [6.07, 6.45) is 5.67. The van der Waals surface area contributed by atoms with E-state index < -0.39 is 0 Å². The molecule has 0 unspecified atom stereocenters. The van der Waals surface area contributed by atoms with E-state index in [1.54, 1.807) is 0 Å². The van der Waals surface area contributed by atoms with Crippen LogP contribution in [0, 0.1) is 6.92 Å². The molecule has 1 aliphatic carbocycles. The average molecular weight is 213 g/mol. The smallest absolute Gasteiger partial charge is 0.148 e. The third-order valence-electron chi connectivity index (χ3n) is 3.28. The molecule has 0 spiro atoms. The van der Waals surface area contributed by atoms with Gasteiger partial charge in [0.2, 0.25) is 0 Å². The van der Waals surface area contributed by atoms with Gasteiger partial charge in [-0.05, 0) is 49.4 Å². The number of aryl methyl sites for hydroxylation is 3. The fourth-order valence-electron chi connectivity index (χ4n) is 2.31. The largest absolute Gasteiger partial charge is 0.382 e. The number of rotatable bonds is 1. The van der Waals surface area contributed by atoms with Gasteiger partial charge in [-0.3, -0.25) is 0 Å². The second-order valence-corrected chi connectivity index (χ2v) is 4.45. The minimum atomic E-state index is 0.612. The molecule has 3 heteroatoms. The summed E-state index contributed by atoms with van der Waals surface area (Å²) in [5, 5.41) is 4.30. The van der Waals surface area contributed by atoms with Gasteiger partial charge < -0.3 is 5.73 Å². The highest BCUT2D eigenvalue weighted by Gasteiger charge is 2.12. The van der Waals surface area contributed by atoms with Gasteiger partial charge in [-0.2, -0.15) is 5.10 Å². The van der Waals surface area contributed by atoms with E-state index in [0.29, 0.717) is 5.82 Å². The van der Waals surface area contributed by atoms with Crippen LogP contribution in [0.5, 0.6) is 0 Å². The van der Waals surface area contributed by atoms with E-state index in [-0.39, 0.29) is 0 Å². The van der Waals surface area contributed by atoms with Gasteiger partial charge in [0.05, 0.1) is 5.69 Å². The highest BCUT2D eigenvalue weighted by atomic mass is 15.3. The zero-order valence-electron chi connectivity index (χ0n) is 9.40. The van der Waals surface area contributed by atoms with Gasteiger partial charge in [-0.1, -0.05) is 6.07 Å². The molecule has 0 radical (unpaired) electrons. The molecular weight excluding hydrogens is 198 g/mol. The summed E-state index contributed by atoms with van der Waals surface area (Å²) < 4.78 is 1.86. The Morgan fingerprint density at radius 2 is 2.06 bits per heavy atom. The first-order chi connectivity index (χ1) is 7.74. The zero-order chi connectivity index (χ0) is 11.1. The van der Waals surface area contributed by atoms with Crippen molar-refractivity contribution in [2.24, 2.45) is 0 Å². The van der Waals surface area contributed by atoms with Crippen molar-refractivity contribution in [1.82, 2.24) is 9.78 Å². The molecule has 0 aliphatic heterocycles. The molecule has 0 amide bonds. The monoisotopic (exact) mass is 213 g/mol. The van der Waals surface area contributed by atoms with Gasteiger partial charge in [0, 0.05) is 11.8 Å². The molecule has 0 atom stereocenters. The topological polar surface area (TPSA) is 43.8 Å². The summed E-state index contributed by atoms with van der Waals surface area (Å²) in [5.74, 6) is 0.612. The van der Waals surface area contributed by atoms with E-state index in [1.807, 2.05) is 17.8 Å². The molecular formula is C13H15N3. The van der Waals surface area contributed by atoms with Crippen molar-refractivity contribution in [2.45, 2.75) is 26.2 Å². The van der Waals surface area contributed by atoms with Crippen molar-refractivity contribution in [2.75, 3.05) is 5.73 Å². The SMILES string of the molecule is Cc1cn(-c2ccc3c(c2)CCC3)nc1N. The fraction of sp³-hybridized carbons (Fsp3) is 0.308. The molecule has 2 aromatic rings. The number of aromatic nitrogens is 2. The Morgan fingerprint density at radius 3 is 2.81 bits per heavy atom. The average Bonchev–Trinajstić information content (AvgIpc) is 2.85. The van der Waals surface area contributed by atoms with Crippen LogP contribution in [0.3, 0.4) is 0 Å².